The second kappa shape index (κ2) is 8.64. The van der Waals surface area contributed by atoms with Gasteiger partial charge in [0.25, 0.3) is 0 Å². The summed E-state index contributed by atoms with van der Waals surface area (Å²) in [6.07, 6.45) is 0. The predicted octanol–water partition coefficient (Wildman–Crippen LogP) is 1.95. The summed E-state index contributed by atoms with van der Waals surface area (Å²) in [5.41, 5.74) is 1.42. The van der Waals surface area contributed by atoms with Gasteiger partial charge in [-0.15, -0.1) is 0 Å². The van der Waals surface area contributed by atoms with E-state index in [4.69, 9.17) is 18.9 Å². The Balaban J connectivity index is 2.07. The molecule has 1 unspecified atom stereocenters. The Hall–Kier alpha value is -3.55. The lowest BCUT2D eigenvalue weighted by atomic mass is 9.95. The van der Waals surface area contributed by atoms with Crippen molar-refractivity contribution >= 4 is 23.6 Å². The lowest BCUT2D eigenvalue weighted by Gasteiger charge is -2.38. The molecule has 0 fully saturated rings. The van der Waals surface area contributed by atoms with Gasteiger partial charge in [-0.2, -0.15) is 0 Å². The van der Waals surface area contributed by atoms with Gasteiger partial charge in [0.2, 0.25) is 0 Å². The van der Waals surface area contributed by atoms with Gasteiger partial charge in [-0.25, -0.2) is 4.79 Å². The third-order valence-electron chi connectivity index (χ3n) is 4.70. The van der Waals surface area contributed by atoms with Crippen molar-refractivity contribution in [2.45, 2.75) is 12.6 Å². The largest absolute Gasteiger partial charge is 0.497 e. The zero-order valence-corrected chi connectivity index (χ0v) is 16.3. The number of esters is 3. The van der Waals surface area contributed by atoms with Gasteiger partial charge in [0, 0.05) is 6.54 Å². The Kier molecular flexibility index (Phi) is 6.01. The summed E-state index contributed by atoms with van der Waals surface area (Å²) < 4.78 is 20.1. The van der Waals surface area contributed by atoms with Crippen LogP contribution in [0.1, 0.15) is 5.56 Å². The first-order valence-corrected chi connectivity index (χ1v) is 8.86. The van der Waals surface area contributed by atoms with Gasteiger partial charge in [-0.3, -0.25) is 9.59 Å². The Bertz CT molecular complexity index is 894. The molecule has 0 N–H and O–H groups in total. The van der Waals surface area contributed by atoms with Crippen LogP contribution in [0.3, 0.4) is 0 Å². The molecule has 0 saturated carbocycles. The average Bonchev–Trinajstić information content (AvgIpc) is 2.75. The highest BCUT2D eigenvalue weighted by Gasteiger charge is 2.48. The van der Waals surface area contributed by atoms with Crippen LogP contribution in [0.4, 0.5) is 5.69 Å². The summed E-state index contributed by atoms with van der Waals surface area (Å²) in [6.45, 7) is 0.241. The van der Waals surface area contributed by atoms with E-state index in [-0.39, 0.29) is 6.54 Å². The molecule has 0 saturated heterocycles. The van der Waals surface area contributed by atoms with Gasteiger partial charge in [-0.1, -0.05) is 24.3 Å². The van der Waals surface area contributed by atoms with E-state index in [1.54, 1.807) is 48.4 Å². The molecule has 152 valence electrons. The Morgan fingerprint density at radius 3 is 2.21 bits per heavy atom. The van der Waals surface area contributed by atoms with Crippen molar-refractivity contribution in [2.75, 3.05) is 26.2 Å². The van der Waals surface area contributed by atoms with Gasteiger partial charge in [0.15, 0.2) is 17.7 Å². The molecule has 0 spiro atoms. The molecule has 2 aromatic rings. The van der Waals surface area contributed by atoms with Crippen LogP contribution in [0.2, 0.25) is 0 Å². The van der Waals surface area contributed by atoms with Crippen molar-refractivity contribution < 1.29 is 33.3 Å². The number of anilines is 1. The predicted molar refractivity (Wildman–Crippen MR) is 103 cm³/mol. The van der Waals surface area contributed by atoms with E-state index in [9.17, 15) is 14.4 Å². The number of benzene rings is 2. The van der Waals surface area contributed by atoms with Crippen LogP contribution >= 0.6 is 0 Å². The van der Waals surface area contributed by atoms with E-state index in [1.165, 1.54) is 0 Å². The molecule has 29 heavy (non-hydrogen) atoms. The second-order valence-corrected chi connectivity index (χ2v) is 6.33. The minimum Gasteiger partial charge on any atom is -0.497 e. The fourth-order valence-electron chi connectivity index (χ4n) is 3.26. The molecular weight excluding hydrogens is 378 g/mol. The van der Waals surface area contributed by atoms with E-state index in [0.29, 0.717) is 17.2 Å². The Morgan fingerprint density at radius 1 is 1.00 bits per heavy atom. The maximum Gasteiger partial charge on any atom is 0.335 e. The van der Waals surface area contributed by atoms with Crippen LogP contribution < -0.4 is 14.4 Å². The lowest BCUT2D eigenvalue weighted by Crippen LogP contribution is -2.55. The van der Waals surface area contributed by atoms with Crippen LogP contribution in [-0.4, -0.2) is 45.3 Å². The first-order chi connectivity index (χ1) is 14.0. The first-order valence-electron chi connectivity index (χ1n) is 8.86. The van der Waals surface area contributed by atoms with Crippen molar-refractivity contribution in [3.8, 4) is 11.5 Å². The zero-order chi connectivity index (χ0) is 21.0. The number of hydrogen-bond acceptors (Lipinski definition) is 8. The lowest BCUT2D eigenvalue weighted by molar-refractivity contribution is -0.164. The molecule has 1 aliphatic heterocycles. The molecule has 8 nitrogen and oxygen atoms in total. The molecule has 1 atom stereocenters. The van der Waals surface area contributed by atoms with Gasteiger partial charge in [0.05, 0.1) is 27.0 Å². The molecule has 0 aromatic heterocycles. The summed E-state index contributed by atoms with van der Waals surface area (Å²) >= 11 is 0. The van der Waals surface area contributed by atoms with E-state index in [1.807, 2.05) is 12.1 Å². The summed E-state index contributed by atoms with van der Waals surface area (Å²) in [5.74, 6) is -2.96. The Morgan fingerprint density at radius 2 is 1.62 bits per heavy atom. The van der Waals surface area contributed by atoms with Gasteiger partial charge >= 0.3 is 17.9 Å². The number of carbonyl (C=O) groups excluding carboxylic acids is 3. The number of ether oxygens (including phenoxy) is 4. The number of nitrogens with zero attached hydrogens (tertiary/aromatic N) is 1. The van der Waals surface area contributed by atoms with E-state index in [2.05, 4.69) is 0 Å². The van der Waals surface area contributed by atoms with Crippen molar-refractivity contribution in [1.29, 1.82) is 0 Å². The fourth-order valence-corrected chi connectivity index (χ4v) is 3.26. The summed E-state index contributed by atoms with van der Waals surface area (Å²) in [5, 5.41) is 0. The molecule has 0 radical (unpaired) electrons. The Labute approximate surface area is 167 Å². The fraction of sp³-hybridized carbons (Fsp3) is 0.286. The smallest absolute Gasteiger partial charge is 0.335 e. The molecule has 0 amide bonds. The molecule has 1 aliphatic rings. The van der Waals surface area contributed by atoms with Crippen molar-refractivity contribution in [2.24, 2.45) is 5.92 Å². The third kappa shape index (κ3) is 4.01. The number of fused-ring (bicyclic) bond motifs is 1. The molecule has 2 aromatic carbocycles. The molecule has 8 heteroatoms. The monoisotopic (exact) mass is 399 g/mol. The maximum absolute atomic E-state index is 12.8. The van der Waals surface area contributed by atoms with E-state index in [0.717, 1.165) is 19.8 Å². The highest BCUT2D eigenvalue weighted by Crippen LogP contribution is 2.38. The minimum atomic E-state index is -1.50. The van der Waals surface area contributed by atoms with E-state index < -0.39 is 29.9 Å². The average molecular weight is 399 g/mol. The highest BCUT2D eigenvalue weighted by molar-refractivity contribution is 6.03. The van der Waals surface area contributed by atoms with Crippen molar-refractivity contribution in [1.82, 2.24) is 0 Å². The van der Waals surface area contributed by atoms with Gasteiger partial charge in [0.1, 0.15) is 5.75 Å². The highest BCUT2D eigenvalue weighted by atomic mass is 16.6. The zero-order valence-electron chi connectivity index (χ0n) is 16.3. The third-order valence-corrected chi connectivity index (χ3v) is 4.70. The first kappa shape index (κ1) is 20.2. The SMILES string of the molecule is COC(=O)C(C(=O)OC)C1C(=O)Oc2ccccc2N1Cc1ccc(OC)cc1. The van der Waals surface area contributed by atoms with Crippen LogP contribution in [0.15, 0.2) is 48.5 Å². The normalized spacial score (nSPS) is 15.4. The molecule has 0 bridgehead atoms. The topological polar surface area (TPSA) is 91.4 Å². The minimum absolute atomic E-state index is 0.241. The van der Waals surface area contributed by atoms with Crippen LogP contribution in [-0.2, 0) is 30.4 Å². The molecule has 3 rings (SSSR count). The van der Waals surface area contributed by atoms with Crippen molar-refractivity contribution in [3.05, 3.63) is 54.1 Å². The van der Waals surface area contributed by atoms with Crippen molar-refractivity contribution in [3.63, 3.8) is 0 Å². The van der Waals surface area contributed by atoms with Crippen LogP contribution in [0.25, 0.3) is 0 Å². The number of carbonyl (C=O) groups is 3. The number of para-hydroxylation sites is 2. The number of methoxy groups -OCH3 is 3. The molecule has 1 heterocycles. The van der Waals surface area contributed by atoms with Gasteiger partial charge < -0.3 is 23.8 Å². The second-order valence-electron chi connectivity index (χ2n) is 6.33. The molecular formula is C21H21NO7. The standard InChI is InChI=1S/C21H21NO7/c1-26-14-10-8-13(9-11-14)12-22-15-6-4-5-7-16(15)29-21(25)18(22)17(19(23)27-2)20(24)28-3/h4-11,17-18H,12H2,1-3H3. The summed E-state index contributed by atoms with van der Waals surface area (Å²) in [6, 6.07) is 12.9. The van der Waals surface area contributed by atoms with E-state index >= 15 is 0 Å². The van der Waals surface area contributed by atoms with Crippen LogP contribution in [0.5, 0.6) is 11.5 Å². The summed E-state index contributed by atoms with van der Waals surface area (Å²) in [4.78, 5) is 39.2. The summed E-state index contributed by atoms with van der Waals surface area (Å²) in [7, 11) is 3.86. The quantitative estimate of drug-likeness (QED) is 0.414. The number of hydrogen-bond donors (Lipinski definition) is 0. The number of rotatable bonds is 6. The van der Waals surface area contributed by atoms with Crippen LogP contribution in [0, 0.1) is 5.92 Å². The van der Waals surface area contributed by atoms with Gasteiger partial charge in [-0.05, 0) is 29.8 Å². The maximum atomic E-state index is 12.8. The molecule has 0 aliphatic carbocycles.